The van der Waals surface area contributed by atoms with Gasteiger partial charge in [-0.2, -0.15) is 0 Å². The lowest BCUT2D eigenvalue weighted by molar-refractivity contribution is 0.205. The van der Waals surface area contributed by atoms with E-state index in [1.165, 1.54) is 22.3 Å². The molecule has 2 aromatic rings. The lowest BCUT2D eigenvalue weighted by Gasteiger charge is -2.09. The maximum absolute atomic E-state index is 9.83. The first kappa shape index (κ1) is 11.0. The standard InChI is InChI=1S/C15H13BrO/c16-9-15(17)11-5-6-14-12(8-11)7-10-3-1-2-4-13(10)14/h1-6,8,15,17H,7,9H2. The summed E-state index contributed by atoms with van der Waals surface area (Å²) in [6, 6.07) is 14.8. The first-order chi connectivity index (χ1) is 8.29. The van der Waals surface area contributed by atoms with Crippen molar-refractivity contribution in [2.45, 2.75) is 12.5 Å². The van der Waals surface area contributed by atoms with E-state index >= 15 is 0 Å². The number of aliphatic hydroxyl groups excluding tert-OH is 1. The van der Waals surface area contributed by atoms with Crippen LogP contribution in [0.2, 0.25) is 0 Å². The molecule has 1 aliphatic rings. The smallest absolute Gasteiger partial charge is 0.0886 e. The fourth-order valence-electron chi connectivity index (χ4n) is 2.46. The molecular formula is C15H13BrO. The van der Waals surface area contributed by atoms with Crippen molar-refractivity contribution in [3.63, 3.8) is 0 Å². The molecule has 0 saturated carbocycles. The minimum Gasteiger partial charge on any atom is -0.388 e. The summed E-state index contributed by atoms with van der Waals surface area (Å²) in [5.74, 6) is 0. The number of fused-ring (bicyclic) bond motifs is 3. The lowest BCUT2D eigenvalue weighted by atomic mass is 10.0. The second-order valence-electron chi connectivity index (χ2n) is 4.42. The molecule has 0 spiro atoms. The van der Waals surface area contributed by atoms with Gasteiger partial charge in [0.25, 0.3) is 0 Å². The van der Waals surface area contributed by atoms with E-state index in [1.54, 1.807) is 0 Å². The highest BCUT2D eigenvalue weighted by atomic mass is 79.9. The third-order valence-electron chi connectivity index (χ3n) is 3.35. The minimum atomic E-state index is -0.413. The first-order valence-electron chi connectivity index (χ1n) is 5.74. The highest BCUT2D eigenvalue weighted by Gasteiger charge is 2.18. The zero-order valence-electron chi connectivity index (χ0n) is 9.36. The molecule has 17 heavy (non-hydrogen) atoms. The molecule has 0 amide bonds. The molecule has 2 aromatic carbocycles. The molecule has 0 aliphatic heterocycles. The average molecular weight is 289 g/mol. The Balaban J connectivity index is 2.07. The number of hydrogen-bond acceptors (Lipinski definition) is 1. The molecule has 1 aliphatic carbocycles. The van der Waals surface area contributed by atoms with E-state index in [9.17, 15) is 5.11 Å². The van der Waals surface area contributed by atoms with Gasteiger partial charge in [-0.1, -0.05) is 58.4 Å². The summed E-state index contributed by atoms with van der Waals surface area (Å²) in [6.45, 7) is 0. The second-order valence-corrected chi connectivity index (χ2v) is 5.07. The molecular weight excluding hydrogens is 276 g/mol. The lowest BCUT2D eigenvalue weighted by Crippen LogP contribution is -1.98. The fraction of sp³-hybridized carbons (Fsp3) is 0.200. The summed E-state index contributed by atoms with van der Waals surface area (Å²) in [4.78, 5) is 0. The van der Waals surface area contributed by atoms with Gasteiger partial charge in [0.05, 0.1) is 6.10 Å². The van der Waals surface area contributed by atoms with Crippen LogP contribution < -0.4 is 0 Å². The molecule has 1 unspecified atom stereocenters. The zero-order chi connectivity index (χ0) is 11.8. The van der Waals surface area contributed by atoms with Gasteiger partial charge in [-0.05, 0) is 34.2 Å². The third kappa shape index (κ3) is 1.81. The predicted molar refractivity (Wildman–Crippen MR) is 73.4 cm³/mol. The van der Waals surface area contributed by atoms with Crippen LogP contribution in [0.25, 0.3) is 11.1 Å². The van der Waals surface area contributed by atoms with Crippen LogP contribution in [-0.2, 0) is 6.42 Å². The molecule has 0 fully saturated rings. The monoisotopic (exact) mass is 288 g/mol. The van der Waals surface area contributed by atoms with E-state index in [0.717, 1.165) is 12.0 Å². The van der Waals surface area contributed by atoms with E-state index in [1.807, 2.05) is 6.07 Å². The average Bonchev–Trinajstić information content (AvgIpc) is 2.75. The van der Waals surface area contributed by atoms with Gasteiger partial charge < -0.3 is 5.11 Å². The van der Waals surface area contributed by atoms with Gasteiger partial charge in [0.1, 0.15) is 0 Å². The summed E-state index contributed by atoms with van der Waals surface area (Å²) in [7, 11) is 0. The van der Waals surface area contributed by atoms with Gasteiger partial charge in [0.2, 0.25) is 0 Å². The van der Waals surface area contributed by atoms with E-state index < -0.39 is 6.10 Å². The van der Waals surface area contributed by atoms with Crippen molar-refractivity contribution in [2.24, 2.45) is 0 Å². The largest absolute Gasteiger partial charge is 0.388 e. The minimum absolute atomic E-state index is 0.413. The van der Waals surface area contributed by atoms with Crippen molar-refractivity contribution in [1.82, 2.24) is 0 Å². The Morgan fingerprint density at radius 3 is 2.65 bits per heavy atom. The fourth-order valence-corrected chi connectivity index (χ4v) is 2.84. The van der Waals surface area contributed by atoms with Crippen LogP contribution in [0.3, 0.4) is 0 Å². The van der Waals surface area contributed by atoms with Crippen molar-refractivity contribution in [1.29, 1.82) is 0 Å². The van der Waals surface area contributed by atoms with Gasteiger partial charge >= 0.3 is 0 Å². The van der Waals surface area contributed by atoms with Crippen LogP contribution in [0.5, 0.6) is 0 Å². The van der Waals surface area contributed by atoms with Crippen LogP contribution >= 0.6 is 15.9 Å². The summed E-state index contributed by atoms with van der Waals surface area (Å²) in [5.41, 5.74) is 6.35. The highest BCUT2D eigenvalue weighted by Crippen LogP contribution is 2.37. The van der Waals surface area contributed by atoms with Crippen molar-refractivity contribution < 1.29 is 5.11 Å². The summed E-state index contributed by atoms with van der Waals surface area (Å²) < 4.78 is 0. The number of alkyl halides is 1. The first-order valence-corrected chi connectivity index (χ1v) is 6.87. The molecule has 3 rings (SSSR count). The summed E-state index contributed by atoms with van der Waals surface area (Å²) in [5, 5.41) is 10.4. The molecule has 0 saturated heterocycles. The molecule has 0 bridgehead atoms. The zero-order valence-corrected chi connectivity index (χ0v) is 10.9. The van der Waals surface area contributed by atoms with Crippen LogP contribution in [-0.4, -0.2) is 10.4 Å². The Hall–Kier alpha value is -1.12. The van der Waals surface area contributed by atoms with Gasteiger partial charge in [0.15, 0.2) is 0 Å². The summed E-state index contributed by atoms with van der Waals surface area (Å²) in [6.07, 6.45) is 0.568. The van der Waals surface area contributed by atoms with Gasteiger partial charge in [0, 0.05) is 5.33 Å². The van der Waals surface area contributed by atoms with Gasteiger partial charge in [-0.3, -0.25) is 0 Å². The van der Waals surface area contributed by atoms with Crippen LogP contribution in [0.4, 0.5) is 0 Å². The van der Waals surface area contributed by atoms with Crippen LogP contribution in [0, 0.1) is 0 Å². The van der Waals surface area contributed by atoms with E-state index in [4.69, 9.17) is 0 Å². The maximum Gasteiger partial charge on any atom is 0.0886 e. The predicted octanol–water partition coefficient (Wildman–Crippen LogP) is 3.69. The number of hydrogen-bond donors (Lipinski definition) is 1. The molecule has 0 aromatic heterocycles. The van der Waals surface area contributed by atoms with Crippen LogP contribution in [0.15, 0.2) is 42.5 Å². The van der Waals surface area contributed by atoms with Gasteiger partial charge in [-0.25, -0.2) is 0 Å². The van der Waals surface area contributed by atoms with E-state index in [0.29, 0.717) is 5.33 Å². The van der Waals surface area contributed by atoms with Crippen molar-refractivity contribution in [3.05, 3.63) is 59.2 Å². The molecule has 0 radical (unpaired) electrons. The van der Waals surface area contributed by atoms with Crippen molar-refractivity contribution in [3.8, 4) is 11.1 Å². The van der Waals surface area contributed by atoms with Crippen LogP contribution in [0.1, 0.15) is 22.8 Å². The molecule has 0 heterocycles. The molecule has 1 N–H and O–H groups in total. The Morgan fingerprint density at radius 1 is 1.06 bits per heavy atom. The normalized spacial score (nSPS) is 14.2. The highest BCUT2D eigenvalue weighted by molar-refractivity contribution is 9.09. The molecule has 1 atom stereocenters. The summed E-state index contributed by atoms with van der Waals surface area (Å²) >= 11 is 3.31. The quantitative estimate of drug-likeness (QED) is 0.713. The number of benzene rings is 2. The Kier molecular flexibility index (Phi) is 2.77. The maximum atomic E-state index is 9.83. The third-order valence-corrected chi connectivity index (χ3v) is 3.96. The molecule has 86 valence electrons. The van der Waals surface area contributed by atoms with Crippen molar-refractivity contribution in [2.75, 3.05) is 5.33 Å². The van der Waals surface area contributed by atoms with Crippen molar-refractivity contribution >= 4 is 15.9 Å². The number of rotatable bonds is 2. The number of aliphatic hydroxyl groups is 1. The molecule has 1 nitrogen and oxygen atoms in total. The Bertz CT molecular complexity index is 563. The SMILES string of the molecule is OC(CBr)c1ccc2c(c1)Cc1ccccc1-2. The second kappa shape index (κ2) is 4.28. The number of halogens is 1. The molecule has 2 heteroatoms. The Morgan fingerprint density at radius 2 is 1.82 bits per heavy atom. The van der Waals surface area contributed by atoms with Gasteiger partial charge in [-0.15, -0.1) is 0 Å². The topological polar surface area (TPSA) is 20.2 Å². The van der Waals surface area contributed by atoms with E-state index in [2.05, 4.69) is 52.3 Å². The Labute approximate surface area is 109 Å². The van der Waals surface area contributed by atoms with E-state index in [-0.39, 0.29) is 0 Å².